The van der Waals surface area contributed by atoms with Gasteiger partial charge in [0.15, 0.2) is 11.5 Å². The quantitative estimate of drug-likeness (QED) is 0.649. The number of ether oxygens (including phenoxy) is 3. The van der Waals surface area contributed by atoms with Gasteiger partial charge in [-0.15, -0.1) is 0 Å². The molecule has 0 fully saturated rings. The molecule has 3 aromatic rings. The normalized spacial score (nSPS) is 11.6. The lowest BCUT2D eigenvalue weighted by Gasteiger charge is -2.13. The molecule has 8 nitrogen and oxygen atoms in total. The van der Waals surface area contributed by atoms with Gasteiger partial charge in [0.2, 0.25) is 12.7 Å². The zero-order chi connectivity index (χ0) is 20.9. The Morgan fingerprint density at radius 2 is 1.73 bits per heavy atom. The topological polar surface area (TPSA) is 98.8 Å². The number of rotatable bonds is 6. The molecule has 152 valence electrons. The van der Waals surface area contributed by atoms with Gasteiger partial charge in [0.25, 0.3) is 11.8 Å². The molecular formula is C22H19N3O5. The molecule has 2 aromatic carbocycles. The summed E-state index contributed by atoms with van der Waals surface area (Å²) in [6, 6.07) is 15.1. The van der Waals surface area contributed by atoms with Crippen LogP contribution >= 0.6 is 0 Å². The minimum Gasteiger partial charge on any atom is -0.477 e. The third-order valence-corrected chi connectivity index (χ3v) is 4.35. The maximum absolute atomic E-state index is 12.9. The summed E-state index contributed by atoms with van der Waals surface area (Å²) in [5.41, 5.74) is 1.51. The van der Waals surface area contributed by atoms with Gasteiger partial charge in [-0.2, -0.15) is 0 Å². The summed E-state index contributed by atoms with van der Waals surface area (Å²) in [4.78, 5) is 29.7. The van der Waals surface area contributed by atoms with E-state index in [1.54, 1.807) is 60.8 Å². The van der Waals surface area contributed by atoms with Gasteiger partial charge in [0.05, 0.1) is 17.9 Å². The second kappa shape index (κ2) is 8.52. The molecule has 1 aliphatic heterocycles. The van der Waals surface area contributed by atoms with E-state index >= 15 is 0 Å². The monoisotopic (exact) mass is 405 g/mol. The zero-order valence-corrected chi connectivity index (χ0v) is 16.2. The predicted octanol–water partition coefficient (Wildman–Crippen LogP) is 3.71. The highest BCUT2D eigenvalue weighted by atomic mass is 16.7. The van der Waals surface area contributed by atoms with Crippen molar-refractivity contribution in [2.45, 2.75) is 6.92 Å². The second-order valence-corrected chi connectivity index (χ2v) is 6.31. The number of carbonyl (C=O) groups is 2. The van der Waals surface area contributed by atoms with Crippen molar-refractivity contribution >= 4 is 23.2 Å². The molecule has 0 radical (unpaired) electrons. The number of benzene rings is 2. The number of hydrogen-bond donors (Lipinski definition) is 2. The van der Waals surface area contributed by atoms with Gasteiger partial charge in [0, 0.05) is 18.0 Å². The van der Waals surface area contributed by atoms with Gasteiger partial charge in [-0.1, -0.05) is 12.1 Å². The Kier molecular flexibility index (Phi) is 5.47. The third kappa shape index (κ3) is 4.02. The summed E-state index contributed by atoms with van der Waals surface area (Å²) in [7, 11) is 0. The fourth-order valence-corrected chi connectivity index (χ4v) is 2.97. The van der Waals surface area contributed by atoms with Gasteiger partial charge in [-0.3, -0.25) is 9.59 Å². The minimum absolute atomic E-state index is 0.152. The number of nitrogens with zero attached hydrogens (tertiary/aromatic N) is 1. The number of aromatic nitrogens is 1. The molecule has 0 aliphatic carbocycles. The summed E-state index contributed by atoms with van der Waals surface area (Å²) in [5, 5.41) is 5.58. The first-order chi connectivity index (χ1) is 14.7. The average Bonchev–Trinajstić information content (AvgIpc) is 3.22. The van der Waals surface area contributed by atoms with Crippen LogP contribution in [0.3, 0.4) is 0 Å². The second-order valence-electron chi connectivity index (χ2n) is 6.31. The van der Waals surface area contributed by atoms with E-state index in [2.05, 4.69) is 15.6 Å². The fraction of sp³-hybridized carbons (Fsp3) is 0.136. The van der Waals surface area contributed by atoms with Crippen molar-refractivity contribution in [3.63, 3.8) is 0 Å². The van der Waals surface area contributed by atoms with Crippen molar-refractivity contribution in [2.24, 2.45) is 0 Å². The van der Waals surface area contributed by atoms with Crippen LogP contribution in [0.5, 0.6) is 17.4 Å². The molecule has 0 atom stereocenters. The number of para-hydroxylation sites is 1. The van der Waals surface area contributed by atoms with Crippen molar-refractivity contribution in [3.8, 4) is 17.4 Å². The van der Waals surface area contributed by atoms with Crippen LogP contribution in [0.2, 0.25) is 0 Å². The molecule has 1 aromatic heterocycles. The molecule has 2 amide bonds. The van der Waals surface area contributed by atoms with Crippen LogP contribution in [0.4, 0.5) is 11.4 Å². The highest BCUT2D eigenvalue weighted by Gasteiger charge is 2.19. The summed E-state index contributed by atoms with van der Waals surface area (Å²) in [6.45, 7) is 2.34. The van der Waals surface area contributed by atoms with E-state index in [0.717, 1.165) is 0 Å². The molecule has 0 unspecified atom stereocenters. The molecular weight excluding hydrogens is 386 g/mol. The van der Waals surface area contributed by atoms with E-state index in [1.807, 2.05) is 6.92 Å². The number of anilines is 2. The van der Waals surface area contributed by atoms with E-state index in [0.29, 0.717) is 35.0 Å². The Bertz CT molecular complexity index is 1100. The Labute approximate surface area is 172 Å². The maximum Gasteiger partial charge on any atom is 0.261 e. The molecule has 1 aliphatic rings. The lowest BCUT2D eigenvalue weighted by Crippen LogP contribution is -2.19. The first-order valence-corrected chi connectivity index (χ1v) is 9.35. The Morgan fingerprint density at radius 3 is 2.60 bits per heavy atom. The summed E-state index contributed by atoms with van der Waals surface area (Å²) < 4.78 is 16.0. The third-order valence-electron chi connectivity index (χ3n) is 4.35. The van der Waals surface area contributed by atoms with Gasteiger partial charge >= 0.3 is 0 Å². The van der Waals surface area contributed by atoms with E-state index < -0.39 is 5.91 Å². The SMILES string of the molecule is CCOc1ncccc1C(=O)Nc1ccccc1C(=O)Nc1ccc2c(c1)OCO2. The molecule has 2 heterocycles. The summed E-state index contributed by atoms with van der Waals surface area (Å²) >= 11 is 0. The van der Waals surface area contributed by atoms with E-state index in [4.69, 9.17) is 14.2 Å². The van der Waals surface area contributed by atoms with Crippen LogP contribution < -0.4 is 24.8 Å². The molecule has 8 heteroatoms. The minimum atomic E-state index is -0.421. The Balaban J connectivity index is 1.54. The Hall–Kier alpha value is -4.07. The van der Waals surface area contributed by atoms with E-state index in [1.165, 1.54) is 0 Å². The van der Waals surface area contributed by atoms with Crippen molar-refractivity contribution in [2.75, 3.05) is 24.0 Å². The number of hydrogen-bond acceptors (Lipinski definition) is 6. The van der Waals surface area contributed by atoms with Gasteiger partial charge in [-0.25, -0.2) is 4.98 Å². The Morgan fingerprint density at radius 1 is 0.967 bits per heavy atom. The number of pyridine rings is 1. The highest BCUT2D eigenvalue weighted by Crippen LogP contribution is 2.34. The molecule has 30 heavy (non-hydrogen) atoms. The van der Waals surface area contributed by atoms with Gasteiger partial charge in [0.1, 0.15) is 5.56 Å². The number of amides is 2. The van der Waals surface area contributed by atoms with E-state index in [9.17, 15) is 9.59 Å². The summed E-state index contributed by atoms with van der Waals surface area (Å²) in [5.74, 6) is 0.632. The smallest absolute Gasteiger partial charge is 0.261 e. The van der Waals surface area contributed by atoms with Crippen LogP contribution in [0, 0.1) is 0 Å². The molecule has 4 rings (SSSR count). The lowest BCUT2D eigenvalue weighted by atomic mass is 10.1. The van der Waals surface area contributed by atoms with Crippen molar-refractivity contribution in [1.82, 2.24) is 4.98 Å². The van der Waals surface area contributed by atoms with Crippen LogP contribution in [-0.2, 0) is 0 Å². The van der Waals surface area contributed by atoms with Crippen molar-refractivity contribution < 1.29 is 23.8 Å². The van der Waals surface area contributed by atoms with Crippen LogP contribution in [0.25, 0.3) is 0 Å². The maximum atomic E-state index is 12.9. The standard InChI is InChI=1S/C22H19N3O5/c1-2-28-22-16(7-5-11-23-22)21(27)25-17-8-4-3-6-15(17)20(26)24-14-9-10-18-19(12-14)30-13-29-18/h3-12H,2,13H2,1H3,(H,24,26)(H,25,27). The molecule has 0 spiro atoms. The van der Waals surface area contributed by atoms with Gasteiger partial charge in [-0.05, 0) is 43.3 Å². The van der Waals surface area contributed by atoms with Crippen LogP contribution in [0.15, 0.2) is 60.8 Å². The van der Waals surface area contributed by atoms with E-state index in [-0.39, 0.29) is 24.1 Å². The van der Waals surface area contributed by atoms with Gasteiger partial charge < -0.3 is 24.8 Å². The number of carbonyl (C=O) groups excluding carboxylic acids is 2. The van der Waals surface area contributed by atoms with Crippen molar-refractivity contribution in [1.29, 1.82) is 0 Å². The largest absolute Gasteiger partial charge is 0.477 e. The summed E-state index contributed by atoms with van der Waals surface area (Å²) in [6.07, 6.45) is 1.55. The predicted molar refractivity (Wildman–Crippen MR) is 110 cm³/mol. The van der Waals surface area contributed by atoms with Crippen LogP contribution in [0.1, 0.15) is 27.6 Å². The molecule has 0 bridgehead atoms. The van der Waals surface area contributed by atoms with Crippen LogP contribution in [-0.4, -0.2) is 30.2 Å². The molecule has 2 N–H and O–H groups in total. The average molecular weight is 405 g/mol. The number of nitrogens with one attached hydrogen (secondary N) is 2. The highest BCUT2D eigenvalue weighted by molar-refractivity contribution is 6.13. The molecule has 0 saturated carbocycles. The first kappa shape index (κ1) is 19.3. The first-order valence-electron chi connectivity index (χ1n) is 9.35. The lowest BCUT2D eigenvalue weighted by molar-refractivity contribution is 0.102. The number of fused-ring (bicyclic) bond motifs is 1. The van der Waals surface area contributed by atoms with Crippen molar-refractivity contribution in [3.05, 3.63) is 71.9 Å². The molecule has 0 saturated heterocycles. The zero-order valence-electron chi connectivity index (χ0n) is 16.2. The fourth-order valence-electron chi connectivity index (χ4n) is 2.97.